The minimum absolute atomic E-state index is 0. The monoisotopic (exact) mass is 1040 g/mol. The number of carbonyl (C=O) groups is 1. The fourth-order valence-electron chi connectivity index (χ4n) is 7.90. The molecule has 3 fully saturated rings. The molecule has 3 heterocycles. The van der Waals surface area contributed by atoms with Gasteiger partial charge >= 0.3 is 13.8 Å². The summed E-state index contributed by atoms with van der Waals surface area (Å²) in [6, 6.07) is 24.3. The van der Waals surface area contributed by atoms with Gasteiger partial charge in [-0.25, -0.2) is 4.79 Å². The summed E-state index contributed by atoms with van der Waals surface area (Å²) in [5.41, 5.74) is 22.9. The van der Waals surface area contributed by atoms with Crippen LogP contribution in [-0.2, 0) is 23.1 Å². The van der Waals surface area contributed by atoms with Gasteiger partial charge in [0.2, 0.25) is 0 Å². The third-order valence-electron chi connectivity index (χ3n) is 12.0. The lowest BCUT2D eigenvalue weighted by molar-refractivity contribution is -0.893. The van der Waals surface area contributed by atoms with E-state index in [0.717, 1.165) is 77.8 Å². The van der Waals surface area contributed by atoms with E-state index in [1.54, 1.807) is 33.3 Å². The van der Waals surface area contributed by atoms with Crippen LogP contribution in [0, 0.1) is 0 Å². The van der Waals surface area contributed by atoms with E-state index in [-0.39, 0.29) is 35.8 Å². The van der Waals surface area contributed by atoms with Crippen molar-refractivity contribution in [1.29, 1.82) is 0 Å². The summed E-state index contributed by atoms with van der Waals surface area (Å²) < 4.78 is 29.7. The number of nitrogen functional groups attached to an aromatic ring is 3. The molecule has 0 saturated carbocycles. The molecule has 16 nitrogen and oxygen atoms in total. The molecule has 3 saturated heterocycles. The number of nitrogens with zero attached hydrogens (tertiary/aromatic N) is 7. The molecule has 0 aliphatic carbocycles. The van der Waals surface area contributed by atoms with E-state index in [4.69, 9.17) is 26.5 Å². The average Bonchev–Trinajstić information content (AvgIpc) is 4.02. The van der Waals surface area contributed by atoms with Crippen LogP contribution in [-0.4, -0.2) is 186 Å². The van der Waals surface area contributed by atoms with Crippen molar-refractivity contribution in [3.8, 4) is 0 Å². The highest BCUT2D eigenvalue weighted by Gasteiger charge is 2.33. The first kappa shape index (κ1) is 64.5. The molecule has 3 aliphatic rings. The van der Waals surface area contributed by atoms with Gasteiger partial charge in [0.15, 0.2) is 6.54 Å². The maximum absolute atomic E-state index is 11.9. The van der Waals surface area contributed by atoms with Crippen molar-refractivity contribution < 1.29 is 66.3 Å². The van der Waals surface area contributed by atoms with E-state index < -0.39 is 19.9 Å². The number of carbonyl (C=O) groups excluding carboxylic acids is 1. The van der Waals surface area contributed by atoms with E-state index in [1.807, 2.05) is 41.3 Å². The minimum atomic E-state index is -4.67. The number of ether oxygens (including phenoxy) is 1. The average molecular weight is 1040 g/mol. The molecule has 0 bridgehead atoms. The SMILES string of the molecule is CCCCCCN(C)C.C[N+](C)(C)C1CCN(c2ccc(N)cc2)C1.C[N+](C)(C)CC(=O)OP(=O)([O-])OC1CCN(c2ccc(N)cc2)C1.C[N+](C)(C)CCOC1CCN(c2ccc(N)cc2)C1.[Cl-].[Cl-]. The summed E-state index contributed by atoms with van der Waals surface area (Å²) in [5, 5.41) is 0. The number of quaternary nitrogens is 3. The number of halogens is 2. The Hall–Kier alpha value is -3.54. The molecule has 70 heavy (non-hydrogen) atoms. The predicted octanol–water partition coefficient (Wildman–Crippen LogP) is -0.158. The number of rotatable bonds is 18. The Morgan fingerprint density at radius 2 is 1.09 bits per heavy atom. The zero-order chi connectivity index (χ0) is 50.7. The van der Waals surface area contributed by atoms with E-state index in [2.05, 4.69) is 107 Å². The van der Waals surface area contributed by atoms with Gasteiger partial charge in [-0.05, 0) is 113 Å². The summed E-state index contributed by atoms with van der Waals surface area (Å²) in [5.74, 6) is -0.825. The summed E-state index contributed by atoms with van der Waals surface area (Å²) in [7, 11) is 18.3. The zero-order valence-corrected chi connectivity index (χ0v) is 47.1. The molecule has 3 aromatic rings. The molecule has 19 heteroatoms. The Balaban J connectivity index is 0.000000484. The van der Waals surface area contributed by atoms with E-state index >= 15 is 0 Å². The Morgan fingerprint density at radius 1 is 0.657 bits per heavy atom. The highest BCUT2D eigenvalue weighted by Crippen LogP contribution is 2.42. The van der Waals surface area contributed by atoms with E-state index in [0.29, 0.717) is 31.3 Å². The molecular weight excluding hydrogens is 951 g/mol. The third-order valence-corrected chi connectivity index (χ3v) is 13.0. The standard InChI is InChI=1S/C15H24N3O5P.C15H26N3O.C13H22N3.C8H19N.2ClH/c1-18(2,3)11-15(19)23-24(20,21)22-14-8-9-17(10-14)13-6-4-12(16)5-7-13;1-18(2,3)10-11-19-15-8-9-17(12-15)14-6-4-13(16)5-7-14;1-16(2,3)13-8-9-15(10-13)12-6-4-11(14)5-7-12;1-4-5-6-7-8-9(2)3;;/h4-7,14H,8-11,16H2,1-3H3;4-7,15H,8-12,16H2,1-3H3;4-7,13H,8-10,14H2,1-3H3;4-8H2,1-3H3;2*1H/q;2*+1;;;/p-2. The van der Waals surface area contributed by atoms with Crippen LogP contribution in [0.25, 0.3) is 0 Å². The van der Waals surface area contributed by atoms with E-state index in [1.165, 1.54) is 50.0 Å². The van der Waals surface area contributed by atoms with Gasteiger partial charge in [-0.3, -0.25) is 4.57 Å². The van der Waals surface area contributed by atoms with Gasteiger partial charge in [-0.2, -0.15) is 0 Å². The topological polar surface area (TPSA) is 176 Å². The first-order valence-corrected chi connectivity index (χ1v) is 25.9. The summed E-state index contributed by atoms with van der Waals surface area (Å²) >= 11 is 0. The fraction of sp³-hybridized carbons (Fsp3) is 0.627. The van der Waals surface area contributed by atoms with Gasteiger partial charge in [-0.1, -0.05) is 26.2 Å². The third kappa shape index (κ3) is 26.2. The number of unbranched alkanes of at least 4 members (excludes halogenated alkanes) is 3. The van der Waals surface area contributed by atoms with Crippen LogP contribution < -0.4 is 61.6 Å². The smallest absolute Gasteiger partial charge is 0.367 e. The van der Waals surface area contributed by atoms with Crippen molar-refractivity contribution in [3.63, 3.8) is 0 Å². The van der Waals surface area contributed by atoms with Crippen LogP contribution in [0.2, 0.25) is 0 Å². The molecule has 3 aliphatic heterocycles. The number of anilines is 6. The number of likely N-dealkylation sites (N-methyl/N-ethyl adjacent to an activating group) is 3. The molecule has 4 unspecified atom stereocenters. The second-order valence-electron chi connectivity index (χ2n) is 21.7. The lowest BCUT2D eigenvalue weighted by Crippen LogP contribution is -3.00. The molecular formula is C51H91Cl2N10O6P. The van der Waals surface area contributed by atoms with Gasteiger partial charge in [0.05, 0.1) is 88.8 Å². The number of hydrogen-bond acceptors (Lipinski definition) is 13. The lowest BCUT2D eigenvalue weighted by atomic mass is 10.2. The second-order valence-corrected chi connectivity index (χ2v) is 23.0. The van der Waals surface area contributed by atoms with Crippen molar-refractivity contribution >= 4 is 47.9 Å². The highest BCUT2D eigenvalue weighted by molar-refractivity contribution is 7.46. The molecule has 6 N–H and O–H groups in total. The zero-order valence-electron chi connectivity index (χ0n) is 44.7. The van der Waals surface area contributed by atoms with Crippen LogP contribution in [0.3, 0.4) is 0 Å². The number of phosphoric ester groups is 1. The number of benzene rings is 3. The maximum atomic E-state index is 11.9. The summed E-state index contributed by atoms with van der Waals surface area (Å²) in [4.78, 5) is 32.6. The molecule has 0 amide bonds. The summed E-state index contributed by atoms with van der Waals surface area (Å²) in [6.07, 6.45) is 8.24. The van der Waals surface area contributed by atoms with Gasteiger partial charge in [0.25, 0.3) is 0 Å². The Kier molecular flexibility index (Phi) is 28.1. The first-order valence-electron chi connectivity index (χ1n) is 24.4. The molecule has 4 atom stereocenters. The normalized spacial score (nSPS) is 18.8. The number of phosphoric acid groups is 1. The Bertz CT molecular complexity index is 1950. The van der Waals surface area contributed by atoms with Crippen molar-refractivity contribution in [2.45, 2.75) is 70.1 Å². The molecule has 6 rings (SSSR count). The van der Waals surface area contributed by atoms with Crippen molar-refractivity contribution in [1.82, 2.24) is 4.90 Å². The molecule has 0 radical (unpaired) electrons. The first-order chi connectivity index (χ1) is 31.7. The van der Waals surface area contributed by atoms with Crippen molar-refractivity contribution in [2.75, 3.05) is 175 Å². The van der Waals surface area contributed by atoms with Gasteiger partial charge in [0, 0.05) is 73.3 Å². The minimum Gasteiger partial charge on any atom is -1.00 e. The van der Waals surface area contributed by atoms with Crippen LogP contribution in [0.15, 0.2) is 72.8 Å². The van der Waals surface area contributed by atoms with Crippen LogP contribution in [0.5, 0.6) is 0 Å². The Labute approximate surface area is 435 Å². The lowest BCUT2D eigenvalue weighted by Gasteiger charge is -2.31. The fourth-order valence-corrected chi connectivity index (χ4v) is 8.79. The molecule has 0 spiro atoms. The van der Waals surface area contributed by atoms with Crippen molar-refractivity contribution in [2.24, 2.45) is 0 Å². The molecule has 400 valence electrons. The number of hydrogen-bond donors (Lipinski definition) is 3. The van der Waals surface area contributed by atoms with Gasteiger partial charge < -0.3 is 93.7 Å². The van der Waals surface area contributed by atoms with Gasteiger partial charge in [-0.15, -0.1) is 0 Å². The van der Waals surface area contributed by atoms with Gasteiger partial charge in [0.1, 0.15) is 12.6 Å². The quantitative estimate of drug-likeness (QED) is 0.0665. The van der Waals surface area contributed by atoms with Crippen LogP contribution in [0.1, 0.15) is 51.9 Å². The maximum Gasteiger partial charge on any atom is 0.367 e. The highest BCUT2D eigenvalue weighted by atomic mass is 35.5. The largest absolute Gasteiger partial charge is 1.00 e. The van der Waals surface area contributed by atoms with Crippen molar-refractivity contribution in [3.05, 3.63) is 72.8 Å². The summed E-state index contributed by atoms with van der Waals surface area (Å²) in [6.45, 7) is 10.7. The second kappa shape index (κ2) is 30.5. The molecule has 0 aromatic heterocycles. The Morgan fingerprint density at radius 3 is 1.49 bits per heavy atom. The molecule has 3 aromatic carbocycles. The van der Waals surface area contributed by atoms with E-state index in [9.17, 15) is 14.3 Å². The van der Waals surface area contributed by atoms with Crippen LogP contribution in [0.4, 0.5) is 34.1 Å². The predicted molar refractivity (Wildman–Crippen MR) is 282 cm³/mol. The number of nitrogens with two attached hydrogens (primary N) is 3. The van der Waals surface area contributed by atoms with Crippen LogP contribution >= 0.6 is 7.82 Å².